The van der Waals surface area contributed by atoms with E-state index in [1.54, 1.807) is 16.5 Å². The van der Waals surface area contributed by atoms with E-state index < -0.39 is 5.82 Å². The predicted octanol–water partition coefficient (Wildman–Crippen LogP) is 1.80. The second kappa shape index (κ2) is 8.57. The zero-order valence-corrected chi connectivity index (χ0v) is 18.6. The van der Waals surface area contributed by atoms with Crippen molar-refractivity contribution in [1.29, 1.82) is 0 Å². The monoisotopic (exact) mass is 468 g/mol. The number of ether oxygens (including phenoxy) is 1. The van der Waals surface area contributed by atoms with Gasteiger partial charge in [0.1, 0.15) is 28.9 Å². The number of benzene rings is 1. The first kappa shape index (κ1) is 21.4. The fourth-order valence-corrected chi connectivity index (χ4v) is 4.92. The average molecular weight is 468 g/mol. The molecule has 2 aliphatic rings. The predicted molar refractivity (Wildman–Crippen MR) is 120 cm³/mol. The van der Waals surface area contributed by atoms with Crippen molar-refractivity contribution < 1.29 is 18.8 Å². The molecule has 5 heterocycles. The van der Waals surface area contributed by atoms with E-state index in [1.807, 2.05) is 0 Å². The fourth-order valence-electron chi connectivity index (χ4n) is 4.92. The molecule has 2 fully saturated rings. The van der Waals surface area contributed by atoms with Crippen molar-refractivity contribution in [3.8, 4) is 11.5 Å². The van der Waals surface area contributed by atoms with Crippen molar-refractivity contribution in [3.05, 3.63) is 46.6 Å². The Hall–Kier alpha value is -3.15. The van der Waals surface area contributed by atoms with Gasteiger partial charge in [-0.2, -0.15) is 4.98 Å². The van der Waals surface area contributed by atoms with Crippen molar-refractivity contribution in [2.75, 3.05) is 32.8 Å². The molecule has 10 nitrogen and oxygen atoms in total. The third-order valence-electron chi connectivity index (χ3n) is 6.84. The number of aromatic nitrogens is 5. The van der Waals surface area contributed by atoms with Gasteiger partial charge in [0.05, 0.1) is 24.1 Å². The minimum absolute atomic E-state index is 0.0322. The maximum absolute atomic E-state index is 15.0. The number of likely N-dealkylation sites (tertiary alicyclic amines) is 1. The van der Waals surface area contributed by atoms with Crippen molar-refractivity contribution >= 4 is 16.6 Å². The van der Waals surface area contributed by atoms with Gasteiger partial charge < -0.3 is 23.8 Å². The molecule has 0 bridgehead atoms. The van der Waals surface area contributed by atoms with E-state index >= 15 is 0 Å². The number of imidazole rings is 1. The van der Waals surface area contributed by atoms with Crippen LogP contribution in [0, 0.1) is 5.82 Å². The molecule has 1 N–H and O–H groups in total. The molecule has 34 heavy (non-hydrogen) atoms. The lowest BCUT2D eigenvalue weighted by atomic mass is 10.1. The highest BCUT2D eigenvalue weighted by atomic mass is 19.1. The highest BCUT2D eigenvalue weighted by molar-refractivity contribution is 5.84. The molecular formula is C23H25FN6O4. The molecule has 6 rings (SSSR count). The number of hydrogen-bond donors (Lipinski definition) is 1. The Morgan fingerprint density at radius 2 is 2.00 bits per heavy atom. The average Bonchev–Trinajstić information content (AvgIpc) is 3.60. The Labute approximate surface area is 193 Å². The zero-order chi connectivity index (χ0) is 23.2. The van der Waals surface area contributed by atoms with Gasteiger partial charge in [0.2, 0.25) is 11.7 Å². The second-order valence-electron chi connectivity index (χ2n) is 8.97. The maximum atomic E-state index is 15.0. The number of halogens is 1. The van der Waals surface area contributed by atoms with Crippen LogP contribution in [0.25, 0.3) is 28.1 Å². The van der Waals surface area contributed by atoms with Gasteiger partial charge in [-0.25, -0.2) is 9.37 Å². The summed E-state index contributed by atoms with van der Waals surface area (Å²) in [5.74, 6) is 0.260. The normalized spacial score (nSPS) is 20.1. The second-order valence-corrected chi connectivity index (χ2v) is 8.97. The number of rotatable bonds is 5. The molecule has 0 radical (unpaired) electrons. The lowest BCUT2D eigenvalue weighted by Gasteiger charge is -2.29. The van der Waals surface area contributed by atoms with Gasteiger partial charge in [-0.1, -0.05) is 11.2 Å². The van der Waals surface area contributed by atoms with Gasteiger partial charge in [0.25, 0.3) is 5.56 Å². The summed E-state index contributed by atoms with van der Waals surface area (Å²) < 4.78 is 28.9. The van der Waals surface area contributed by atoms with E-state index in [0.717, 1.165) is 19.5 Å². The van der Waals surface area contributed by atoms with Crippen LogP contribution in [0.15, 0.2) is 33.8 Å². The Kier molecular flexibility index (Phi) is 5.39. The van der Waals surface area contributed by atoms with E-state index in [0.29, 0.717) is 56.2 Å². The van der Waals surface area contributed by atoms with E-state index in [1.165, 1.54) is 17.0 Å². The Balaban J connectivity index is 1.44. The molecular weight excluding hydrogens is 443 g/mol. The molecule has 1 unspecified atom stereocenters. The molecule has 0 spiro atoms. The fraction of sp³-hybridized carbons (Fsp3) is 0.478. The molecule has 2 saturated heterocycles. The van der Waals surface area contributed by atoms with Gasteiger partial charge in [0, 0.05) is 32.8 Å². The summed E-state index contributed by atoms with van der Waals surface area (Å²) in [6, 6.07) is 4.74. The number of nitrogens with zero attached hydrogens (tertiary/aromatic N) is 6. The van der Waals surface area contributed by atoms with Crippen LogP contribution in [0.2, 0.25) is 0 Å². The van der Waals surface area contributed by atoms with E-state index in [9.17, 15) is 14.3 Å². The number of para-hydroxylation sites is 1. The summed E-state index contributed by atoms with van der Waals surface area (Å²) in [5, 5.41) is 13.8. The maximum Gasteiger partial charge on any atom is 0.277 e. The van der Waals surface area contributed by atoms with E-state index in [4.69, 9.17) is 9.26 Å². The third-order valence-corrected chi connectivity index (χ3v) is 6.84. The molecule has 4 aromatic rings. The summed E-state index contributed by atoms with van der Waals surface area (Å²) in [6.45, 7) is 3.54. The number of piperidine rings is 1. The molecule has 1 aromatic carbocycles. The first-order valence-corrected chi connectivity index (χ1v) is 11.6. The van der Waals surface area contributed by atoms with Gasteiger partial charge in [-0.15, -0.1) is 0 Å². The van der Waals surface area contributed by atoms with Crippen molar-refractivity contribution in [3.63, 3.8) is 0 Å². The molecule has 11 heteroatoms. The molecule has 0 aliphatic carbocycles. The highest BCUT2D eigenvalue weighted by Gasteiger charge is 2.27. The van der Waals surface area contributed by atoms with E-state index in [-0.39, 0.29) is 34.4 Å². The number of hydrogen-bond acceptors (Lipinski definition) is 8. The summed E-state index contributed by atoms with van der Waals surface area (Å²) in [5.41, 5.74) is 0.994. The summed E-state index contributed by atoms with van der Waals surface area (Å²) in [7, 11) is 0. The minimum atomic E-state index is -0.469. The van der Waals surface area contributed by atoms with Gasteiger partial charge in [0.15, 0.2) is 0 Å². The van der Waals surface area contributed by atoms with Crippen LogP contribution in [0.3, 0.4) is 0 Å². The van der Waals surface area contributed by atoms with E-state index in [2.05, 4.69) is 20.0 Å². The Morgan fingerprint density at radius 3 is 2.79 bits per heavy atom. The Morgan fingerprint density at radius 1 is 1.15 bits per heavy atom. The Bertz CT molecular complexity index is 1400. The largest absolute Gasteiger partial charge is 0.393 e. The van der Waals surface area contributed by atoms with Crippen LogP contribution in [0.1, 0.15) is 31.1 Å². The molecule has 178 valence electrons. The quantitative estimate of drug-likeness (QED) is 0.472. The molecule has 1 atom stereocenters. The van der Waals surface area contributed by atoms with Gasteiger partial charge in [-0.05, 0) is 31.4 Å². The van der Waals surface area contributed by atoms with Gasteiger partial charge >= 0.3 is 0 Å². The zero-order valence-electron chi connectivity index (χ0n) is 18.6. The summed E-state index contributed by atoms with van der Waals surface area (Å²) in [4.78, 5) is 24.8. The summed E-state index contributed by atoms with van der Waals surface area (Å²) >= 11 is 0. The SMILES string of the molecule is O=c1c2c(-c3noc(C4CCOC4)n3)ncn2c2cccc(F)c2n1CCN1CCC(O)CC1. The minimum Gasteiger partial charge on any atom is -0.393 e. The lowest BCUT2D eigenvalue weighted by Crippen LogP contribution is -2.39. The van der Waals surface area contributed by atoms with Crippen molar-refractivity contribution in [2.45, 2.75) is 37.8 Å². The van der Waals surface area contributed by atoms with Crippen LogP contribution in [-0.4, -0.2) is 73.1 Å². The standard InChI is InChI=1S/C23H25FN6O4/c24-16-2-1-3-17-19(16)29(10-9-28-7-4-15(31)5-8-28)23(32)20-18(25-13-30(17)20)21-26-22(34-27-21)14-6-11-33-12-14/h1-3,13-15,31H,4-12H2. The first-order chi connectivity index (χ1) is 16.6. The molecule has 0 amide bonds. The highest BCUT2D eigenvalue weighted by Crippen LogP contribution is 2.28. The van der Waals surface area contributed by atoms with Crippen LogP contribution in [0.5, 0.6) is 0 Å². The third kappa shape index (κ3) is 3.60. The molecule has 0 saturated carbocycles. The van der Waals surface area contributed by atoms with Crippen molar-refractivity contribution in [1.82, 2.24) is 29.0 Å². The summed E-state index contributed by atoms with van der Waals surface area (Å²) in [6.07, 6.45) is 3.41. The van der Waals surface area contributed by atoms with Crippen molar-refractivity contribution in [2.24, 2.45) is 0 Å². The van der Waals surface area contributed by atoms with Gasteiger partial charge in [-0.3, -0.25) is 9.20 Å². The number of aliphatic hydroxyl groups excluding tert-OH is 1. The van der Waals surface area contributed by atoms with Crippen LogP contribution in [-0.2, 0) is 11.3 Å². The number of aliphatic hydroxyl groups is 1. The van der Waals surface area contributed by atoms with Crippen LogP contribution >= 0.6 is 0 Å². The topological polar surface area (TPSA) is 111 Å². The first-order valence-electron chi connectivity index (χ1n) is 11.6. The molecule has 2 aliphatic heterocycles. The molecule has 3 aromatic heterocycles. The number of fused-ring (bicyclic) bond motifs is 3. The lowest BCUT2D eigenvalue weighted by molar-refractivity contribution is 0.0810. The van der Waals surface area contributed by atoms with Crippen LogP contribution < -0.4 is 5.56 Å². The smallest absolute Gasteiger partial charge is 0.277 e. The van der Waals surface area contributed by atoms with Crippen LogP contribution in [0.4, 0.5) is 4.39 Å².